The van der Waals surface area contributed by atoms with Crippen molar-refractivity contribution >= 4 is 16.0 Å². The molecule has 0 aliphatic carbocycles. The summed E-state index contributed by atoms with van der Waals surface area (Å²) in [4.78, 5) is 11.4. The molecule has 25 heavy (non-hydrogen) atoms. The largest absolute Gasteiger partial charge is 0.480 e. The van der Waals surface area contributed by atoms with E-state index in [4.69, 9.17) is 4.74 Å². The van der Waals surface area contributed by atoms with Gasteiger partial charge in [-0.1, -0.05) is 60.7 Å². The molecule has 0 saturated heterocycles. The van der Waals surface area contributed by atoms with Gasteiger partial charge in [0.05, 0.1) is 12.4 Å². The molecule has 0 saturated carbocycles. The maximum Gasteiger partial charge on any atom is 0.326 e. The molecular weight excluding hydrogens is 342 g/mol. The van der Waals surface area contributed by atoms with Gasteiger partial charge in [-0.3, -0.25) is 4.79 Å². The average Bonchev–Trinajstić information content (AvgIpc) is 2.61. The fraction of sp³-hybridized carbons (Fsp3) is 0.278. The third-order valence-electron chi connectivity index (χ3n) is 3.49. The van der Waals surface area contributed by atoms with Crippen LogP contribution in [0.5, 0.6) is 0 Å². The van der Waals surface area contributed by atoms with Gasteiger partial charge < -0.3 is 9.84 Å². The van der Waals surface area contributed by atoms with Gasteiger partial charge in [-0.25, -0.2) is 8.42 Å². The number of carbonyl (C=O) groups is 1. The molecule has 6 nitrogen and oxygen atoms in total. The zero-order valence-electron chi connectivity index (χ0n) is 13.7. The quantitative estimate of drug-likeness (QED) is 0.632. The number of sulfonamides is 1. The van der Waals surface area contributed by atoms with Crippen molar-refractivity contribution in [1.29, 1.82) is 0 Å². The lowest BCUT2D eigenvalue weighted by Gasteiger charge is -2.15. The average molecular weight is 363 g/mol. The topological polar surface area (TPSA) is 92.7 Å². The van der Waals surface area contributed by atoms with Crippen LogP contribution in [0.25, 0.3) is 0 Å². The lowest BCUT2D eigenvalue weighted by molar-refractivity contribution is -0.139. The Morgan fingerprint density at radius 2 is 1.64 bits per heavy atom. The number of hydrogen-bond donors (Lipinski definition) is 2. The Balaban J connectivity index is 1.81. The Bertz CT molecular complexity index is 763. The van der Waals surface area contributed by atoms with Gasteiger partial charge in [-0.05, 0) is 17.5 Å². The predicted molar refractivity (Wildman–Crippen MR) is 94.5 cm³/mol. The van der Waals surface area contributed by atoms with E-state index in [1.165, 1.54) is 0 Å². The molecule has 0 heterocycles. The minimum absolute atomic E-state index is 0.196. The summed E-state index contributed by atoms with van der Waals surface area (Å²) < 4.78 is 31.9. The second kappa shape index (κ2) is 9.31. The van der Waals surface area contributed by atoms with Gasteiger partial charge in [0.1, 0.15) is 6.04 Å². The Labute approximate surface area is 147 Å². The Kier molecular flexibility index (Phi) is 7.12. The molecule has 0 radical (unpaired) electrons. The minimum atomic E-state index is -3.73. The summed E-state index contributed by atoms with van der Waals surface area (Å²) >= 11 is 0. The zero-order chi connectivity index (χ0) is 18.1. The molecule has 2 N–H and O–H groups in total. The van der Waals surface area contributed by atoms with Crippen LogP contribution in [0.2, 0.25) is 0 Å². The monoisotopic (exact) mass is 363 g/mol. The predicted octanol–water partition coefficient (Wildman–Crippen LogP) is 2.34. The van der Waals surface area contributed by atoms with Crippen LogP contribution in [0.15, 0.2) is 60.7 Å². The molecule has 0 bridgehead atoms. The van der Waals surface area contributed by atoms with Gasteiger partial charge in [0, 0.05) is 6.61 Å². The standard InChI is InChI=1S/C18H21NO5S/c20-18(21)17(16-10-5-2-6-11-16)19-25(22,23)13-7-12-24-14-15-8-3-1-4-9-15/h1-6,8-11,17,19H,7,12-14H2,(H,20,21)/t17-/m0/s1. The van der Waals surface area contributed by atoms with E-state index in [9.17, 15) is 18.3 Å². The van der Waals surface area contributed by atoms with Crippen LogP contribution in [-0.2, 0) is 26.2 Å². The van der Waals surface area contributed by atoms with Crippen LogP contribution < -0.4 is 4.72 Å². The summed E-state index contributed by atoms with van der Waals surface area (Å²) in [5, 5.41) is 9.27. The van der Waals surface area contributed by atoms with Gasteiger partial charge in [0.25, 0.3) is 0 Å². The summed E-state index contributed by atoms with van der Waals surface area (Å²) in [7, 11) is -3.73. The molecule has 0 fully saturated rings. The normalized spacial score (nSPS) is 12.6. The van der Waals surface area contributed by atoms with Crippen molar-refractivity contribution in [3.05, 3.63) is 71.8 Å². The van der Waals surface area contributed by atoms with E-state index in [1.54, 1.807) is 30.3 Å². The number of aliphatic carboxylic acids is 1. The number of carboxylic acids is 1. The maximum absolute atomic E-state index is 12.1. The van der Waals surface area contributed by atoms with Crippen molar-refractivity contribution in [2.75, 3.05) is 12.4 Å². The Morgan fingerprint density at radius 1 is 1.04 bits per heavy atom. The highest BCUT2D eigenvalue weighted by molar-refractivity contribution is 7.89. The highest BCUT2D eigenvalue weighted by Crippen LogP contribution is 2.14. The van der Waals surface area contributed by atoms with E-state index in [-0.39, 0.29) is 18.8 Å². The Morgan fingerprint density at radius 3 is 2.24 bits per heavy atom. The van der Waals surface area contributed by atoms with E-state index in [1.807, 2.05) is 30.3 Å². The van der Waals surface area contributed by atoms with Gasteiger partial charge in [-0.2, -0.15) is 4.72 Å². The van der Waals surface area contributed by atoms with Crippen LogP contribution in [0.1, 0.15) is 23.6 Å². The molecule has 2 aromatic rings. The summed E-state index contributed by atoms with van der Waals surface area (Å²) in [5.74, 6) is -1.44. The van der Waals surface area contributed by atoms with Crippen LogP contribution in [0, 0.1) is 0 Å². The van der Waals surface area contributed by atoms with Gasteiger partial charge in [-0.15, -0.1) is 0 Å². The van der Waals surface area contributed by atoms with Gasteiger partial charge in [0.15, 0.2) is 0 Å². The van der Waals surface area contributed by atoms with Gasteiger partial charge >= 0.3 is 5.97 Å². The third kappa shape index (κ3) is 6.66. The fourth-order valence-corrected chi connectivity index (χ4v) is 3.47. The number of rotatable bonds is 10. The number of nitrogens with one attached hydrogen (secondary N) is 1. The molecule has 0 unspecified atom stereocenters. The first kappa shape index (κ1) is 19.1. The van der Waals surface area contributed by atoms with E-state index < -0.39 is 22.0 Å². The maximum atomic E-state index is 12.1. The molecule has 2 rings (SSSR count). The van der Waals surface area contributed by atoms with Crippen LogP contribution in [-0.4, -0.2) is 31.9 Å². The summed E-state index contributed by atoms with van der Waals surface area (Å²) in [6.45, 7) is 0.689. The third-order valence-corrected chi connectivity index (χ3v) is 4.91. The first-order chi connectivity index (χ1) is 12.0. The first-order valence-electron chi connectivity index (χ1n) is 7.87. The van der Waals surface area contributed by atoms with Crippen LogP contribution >= 0.6 is 0 Å². The summed E-state index contributed by atoms with van der Waals surface area (Å²) in [6.07, 6.45) is 0.281. The van der Waals surface area contributed by atoms with Crippen molar-refractivity contribution in [3.63, 3.8) is 0 Å². The number of benzene rings is 2. The van der Waals surface area contributed by atoms with Crippen LogP contribution in [0.3, 0.4) is 0 Å². The van der Waals surface area contributed by atoms with E-state index in [0.29, 0.717) is 12.2 Å². The van der Waals surface area contributed by atoms with Crippen molar-refractivity contribution in [2.45, 2.75) is 19.1 Å². The molecule has 0 aromatic heterocycles. The summed E-state index contributed by atoms with van der Waals surface area (Å²) in [6, 6.07) is 16.5. The molecule has 0 amide bonds. The first-order valence-corrected chi connectivity index (χ1v) is 9.52. The fourth-order valence-electron chi connectivity index (χ4n) is 2.26. The summed E-state index contributed by atoms with van der Waals surface area (Å²) in [5.41, 5.74) is 1.40. The highest BCUT2D eigenvalue weighted by Gasteiger charge is 2.25. The molecule has 0 aliphatic heterocycles. The lowest BCUT2D eigenvalue weighted by atomic mass is 10.1. The van der Waals surface area contributed by atoms with Crippen molar-refractivity contribution in [3.8, 4) is 0 Å². The van der Waals surface area contributed by atoms with Gasteiger partial charge in [0.2, 0.25) is 10.0 Å². The molecule has 7 heteroatoms. The molecule has 134 valence electrons. The SMILES string of the molecule is O=C(O)[C@@H](NS(=O)(=O)CCCOCc1ccccc1)c1ccccc1. The van der Waals surface area contributed by atoms with Crippen molar-refractivity contribution in [1.82, 2.24) is 4.72 Å². The lowest BCUT2D eigenvalue weighted by Crippen LogP contribution is -2.35. The van der Waals surface area contributed by atoms with E-state index in [2.05, 4.69) is 4.72 Å². The smallest absolute Gasteiger partial charge is 0.326 e. The number of hydrogen-bond acceptors (Lipinski definition) is 4. The number of ether oxygens (including phenoxy) is 1. The minimum Gasteiger partial charge on any atom is -0.480 e. The Hall–Kier alpha value is -2.22. The molecule has 1 atom stereocenters. The van der Waals surface area contributed by atoms with Crippen LogP contribution in [0.4, 0.5) is 0 Å². The second-order valence-electron chi connectivity index (χ2n) is 5.51. The molecule has 0 aliphatic rings. The number of carboxylic acid groups (broad SMARTS) is 1. The second-order valence-corrected chi connectivity index (χ2v) is 7.38. The van der Waals surface area contributed by atoms with Crippen molar-refractivity contribution in [2.24, 2.45) is 0 Å². The zero-order valence-corrected chi connectivity index (χ0v) is 14.5. The molecule has 0 spiro atoms. The van der Waals surface area contributed by atoms with E-state index in [0.717, 1.165) is 5.56 Å². The highest BCUT2D eigenvalue weighted by atomic mass is 32.2. The molecular formula is C18H21NO5S. The van der Waals surface area contributed by atoms with E-state index >= 15 is 0 Å². The molecule has 2 aromatic carbocycles. The van der Waals surface area contributed by atoms with Crippen molar-refractivity contribution < 1.29 is 23.1 Å².